The lowest BCUT2D eigenvalue weighted by Crippen LogP contribution is -2.24. The number of hydrogen-bond donors (Lipinski definition) is 1. The number of phosphoric ester groups is 1. The van der Waals surface area contributed by atoms with E-state index in [9.17, 15) is 19.0 Å². The molecule has 8 nitrogen and oxygen atoms in total. The summed E-state index contributed by atoms with van der Waals surface area (Å²) < 4.78 is 31.8. The Morgan fingerprint density at radius 3 is 1.48 bits per heavy atom. The highest BCUT2D eigenvalue weighted by Crippen LogP contribution is 2.46. The highest BCUT2D eigenvalue weighted by molar-refractivity contribution is 7.47. The summed E-state index contributed by atoms with van der Waals surface area (Å²) in [5, 5.41) is 0. The van der Waals surface area contributed by atoms with Crippen molar-refractivity contribution in [3.8, 4) is 0 Å². The lowest BCUT2D eigenvalue weighted by molar-refractivity contribution is -0.146. The Hall–Kier alpha value is -0.950. The fraction of sp³-hybridized carbons (Fsp3) is 0.857. The minimum absolute atomic E-state index is 0.126. The highest BCUT2D eigenvalue weighted by atomic mass is 31.2. The molecule has 0 spiro atoms. The van der Waals surface area contributed by atoms with Gasteiger partial charge in [0.25, 0.3) is 0 Å². The van der Waals surface area contributed by atoms with Crippen LogP contribution in [0.2, 0.25) is 0 Å². The Balaban J connectivity index is 4.47. The van der Waals surface area contributed by atoms with Crippen molar-refractivity contribution >= 4 is 19.8 Å². The molecule has 0 rings (SSSR count). The standard InChI is InChI=1S/C14H27O8P/c1-5-11(9-19-13(15)7-3)21-23(17,18)22-12(6-2)10-20-14(16)8-4/h11-12H,5-10H2,1-4H3,(H,17,18). The molecule has 0 aromatic rings. The molecule has 0 aliphatic heterocycles. The minimum Gasteiger partial charge on any atom is -0.463 e. The predicted molar refractivity (Wildman–Crippen MR) is 82.7 cm³/mol. The average molecular weight is 354 g/mol. The Morgan fingerprint density at radius 2 is 1.22 bits per heavy atom. The average Bonchev–Trinajstić information content (AvgIpc) is 2.54. The Labute approximate surface area is 137 Å². The summed E-state index contributed by atoms with van der Waals surface area (Å²) in [6, 6.07) is 0. The van der Waals surface area contributed by atoms with E-state index in [0.717, 1.165) is 0 Å². The van der Waals surface area contributed by atoms with Gasteiger partial charge in [0.2, 0.25) is 0 Å². The first kappa shape index (κ1) is 22.1. The smallest absolute Gasteiger partial charge is 0.463 e. The third-order valence-corrected chi connectivity index (χ3v) is 4.04. The van der Waals surface area contributed by atoms with E-state index in [1.54, 1.807) is 27.7 Å². The third kappa shape index (κ3) is 10.4. The molecule has 0 amide bonds. The van der Waals surface area contributed by atoms with Crippen LogP contribution in [0.4, 0.5) is 0 Å². The second-order valence-corrected chi connectivity index (χ2v) is 6.17. The number of phosphoric acid groups is 1. The zero-order chi connectivity index (χ0) is 17.9. The number of rotatable bonds is 12. The molecule has 0 fully saturated rings. The van der Waals surface area contributed by atoms with Gasteiger partial charge in [-0.3, -0.25) is 18.6 Å². The van der Waals surface area contributed by atoms with Gasteiger partial charge >= 0.3 is 19.8 Å². The molecule has 0 saturated carbocycles. The van der Waals surface area contributed by atoms with Crippen molar-refractivity contribution in [2.75, 3.05) is 13.2 Å². The van der Waals surface area contributed by atoms with Crippen molar-refractivity contribution in [1.82, 2.24) is 0 Å². The van der Waals surface area contributed by atoms with E-state index in [-0.39, 0.29) is 26.1 Å². The first-order valence-electron chi connectivity index (χ1n) is 7.78. The van der Waals surface area contributed by atoms with Gasteiger partial charge in [0.1, 0.15) is 25.4 Å². The van der Waals surface area contributed by atoms with Crippen LogP contribution >= 0.6 is 7.82 Å². The Kier molecular flexibility index (Phi) is 11.1. The second kappa shape index (κ2) is 11.6. The van der Waals surface area contributed by atoms with Gasteiger partial charge in [-0.25, -0.2) is 4.57 Å². The maximum Gasteiger partial charge on any atom is 0.472 e. The monoisotopic (exact) mass is 354 g/mol. The first-order chi connectivity index (χ1) is 10.8. The first-order valence-corrected chi connectivity index (χ1v) is 9.28. The fourth-order valence-electron chi connectivity index (χ4n) is 1.42. The van der Waals surface area contributed by atoms with E-state index in [2.05, 4.69) is 0 Å². The lowest BCUT2D eigenvalue weighted by atomic mass is 10.3. The normalized spacial score (nSPS) is 16.2. The molecular formula is C14H27O8P. The summed E-state index contributed by atoms with van der Waals surface area (Å²) in [6.07, 6.45) is -0.345. The van der Waals surface area contributed by atoms with Crippen LogP contribution in [0.3, 0.4) is 0 Å². The number of carbonyl (C=O) groups is 2. The van der Waals surface area contributed by atoms with Crippen LogP contribution in [0.5, 0.6) is 0 Å². The number of carbonyl (C=O) groups excluding carboxylic acids is 2. The van der Waals surface area contributed by atoms with Gasteiger partial charge in [0, 0.05) is 12.8 Å². The molecule has 0 aliphatic carbocycles. The van der Waals surface area contributed by atoms with E-state index >= 15 is 0 Å². The largest absolute Gasteiger partial charge is 0.472 e. The molecule has 136 valence electrons. The Bertz CT molecular complexity index is 378. The van der Waals surface area contributed by atoms with E-state index < -0.39 is 32.0 Å². The summed E-state index contributed by atoms with van der Waals surface area (Å²) in [7, 11) is -4.36. The summed E-state index contributed by atoms with van der Waals surface area (Å²) in [5.41, 5.74) is 0. The quantitative estimate of drug-likeness (QED) is 0.421. The molecule has 9 heteroatoms. The van der Waals surface area contributed by atoms with Crippen LogP contribution in [0.1, 0.15) is 53.4 Å². The number of hydrogen-bond acceptors (Lipinski definition) is 7. The van der Waals surface area contributed by atoms with Gasteiger partial charge in [0.05, 0.1) is 0 Å². The van der Waals surface area contributed by atoms with Crippen LogP contribution in [-0.2, 0) is 32.7 Å². The fourth-order valence-corrected chi connectivity index (χ4v) is 2.65. The molecule has 0 aliphatic rings. The number of ether oxygens (including phenoxy) is 2. The predicted octanol–water partition coefficient (Wildman–Crippen LogP) is 2.58. The van der Waals surface area contributed by atoms with Gasteiger partial charge in [0.15, 0.2) is 0 Å². The van der Waals surface area contributed by atoms with E-state index in [1.165, 1.54) is 0 Å². The van der Waals surface area contributed by atoms with Crippen LogP contribution in [0, 0.1) is 0 Å². The maximum atomic E-state index is 12.0. The topological polar surface area (TPSA) is 108 Å². The van der Waals surface area contributed by atoms with Crippen molar-refractivity contribution in [3.63, 3.8) is 0 Å². The third-order valence-electron chi connectivity index (χ3n) is 2.91. The molecule has 1 N–H and O–H groups in total. The van der Waals surface area contributed by atoms with Gasteiger partial charge in [-0.15, -0.1) is 0 Å². The van der Waals surface area contributed by atoms with Crippen molar-refractivity contribution in [2.24, 2.45) is 0 Å². The molecule has 0 aromatic carbocycles. The molecule has 0 bridgehead atoms. The van der Waals surface area contributed by atoms with Crippen LogP contribution in [-0.4, -0.2) is 42.3 Å². The van der Waals surface area contributed by atoms with Crippen molar-refractivity contribution in [1.29, 1.82) is 0 Å². The Morgan fingerprint density at radius 1 is 0.870 bits per heavy atom. The van der Waals surface area contributed by atoms with Gasteiger partial charge in [-0.2, -0.15) is 0 Å². The molecular weight excluding hydrogens is 327 g/mol. The second-order valence-electron chi connectivity index (χ2n) is 4.81. The molecule has 0 heterocycles. The summed E-state index contributed by atoms with van der Waals surface area (Å²) >= 11 is 0. The summed E-state index contributed by atoms with van der Waals surface area (Å²) in [6.45, 7) is 6.49. The zero-order valence-corrected chi connectivity index (χ0v) is 15.0. The molecule has 0 aromatic heterocycles. The maximum absolute atomic E-state index is 12.0. The van der Waals surface area contributed by atoms with Crippen molar-refractivity contribution in [2.45, 2.75) is 65.6 Å². The van der Waals surface area contributed by atoms with Crippen LogP contribution in [0.25, 0.3) is 0 Å². The van der Waals surface area contributed by atoms with Crippen LogP contribution < -0.4 is 0 Å². The van der Waals surface area contributed by atoms with Crippen LogP contribution in [0.15, 0.2) is 0 Å². The minimum atomic E-state index is -4.36. The molecule has 0 saturated heterocycles. The molecule has 0 radical (unpaired) electrons. The van der Waals surface area contributed by atoms with Gasteiger partial charge in [-0.1, -0.05) is 27.7 Å². The zero-order valence-electron chi connectivity index (χ0n) is 14.1. The highest BCUT2D eigenvalue weighted by Gasteiger charge is 2.30. The lowest BCUT2D eigenvalue weighted by Gasteiger charge is -2.23. The van der Waals surface area contributed by atoms with Crippen molar-refractivity contribution in [3.05, 3.63) is 0 Å². The number of esters is 2. The molecule has 23 heavy (non-hydrogen) atoms. The van der Waals surface area contributed by atoms with E-state index in [4.69, 9.17) is 18.5 Å². The molecule has 2 atom stereocenters. The summed E-state index contributed by atoms with van der Waals surface area (Å²) in [5.74, 6) is -0.836. The van der Waals surface area contributed by atoms with E-state index in [1.807, 2.05) is 0 Å². The van der Waals surface area contributed by atoms with Crippen molar-refractivity contribution < 1.29 is 37.6 Å². The molecule has 2 unspecified atom stereocenters. The van der Waals surface area contributed by atoms with E-state index in [0.29, 0.717) is 12.8 Å². The SMILES string of the molecule is CCC(=O)OCC(CC)OP(=O)(O)OC(CC)COC(=O)CC. The van der Waals surface area contributed by atoms with Gasteiger partial charge < -0.3 is 14.4 Å². The van der Waals surface area contributed by atoms with Gasteiger partial charge in [-0.05, 0) is 12.8 Å². The summed E-state index contributed by atoms with van der Waals surface area (Å²) in [4.78, 5) is 32.0.